The van der Waals surface area contributed by atoms with Gasteiger partial charge in [-0.25, -0.2) is 4.98 Å². The maximum Gasteiger partial charge on any atom is 0.135 e. The number of nitrogens with one attached hydrogen (secondary N) is 1. The van der Waals surface area contributed by atoms with E-state index in [-0.39, 0.29) is 24.8 Å². The zero-order chi connectivity index (χ0) is 13.9. The van der Waals surface area contributed by atoms with Crippen LogP contribution in [0.4, 0.5) is 0 Å². The topological polar surface area (TPSA) is 28.2 Å². The first-order chi connectivity index (χ1) is 9.75. The second-order valence-corrected chi connectivity index (χ2v) is 6.53. The van der Waals surface area contributed by atoms with E-state index in [0.29, 0.717) is 22.3 Å². The quantitative estimate of drug-likeness (QED) is 0.781. The highest BCUT2D eigenvalue weighted by Crippen LogP contribution is 2.41. The zero-order valence-corrected chi connectivity index (χ0v) is 15.6. The number of hydrogen-bond acceptors (Lipinski definition) is 3. The van der Waals surface area contributed by atoms with Gasteiger partial charge in [-0.1, -0.05) is 42.1 Å². The van der Waals surface area contributed by atoms with Crippen LogP contribution in [0.3, 0.4) is 0 Å². The van der Waals surface area contributed by atoms with Crippen LogP contribution >= 0.6 is 48.0 Å². The third kappa shape index (κ3) is 4.62. The van der Waals surface area contributed by atoms with Crippen molar-refractivity contribution in [1.82, 2.24) is 15.2 Å². The van der Waals surface area contributed by atoms with Crippen molar-refractivity contribution in [2.24, 2.45) is 5.92 Å². The van der Waals surface area contributed by atoms with Crippen molar-refractivity contribution in [3.05, 3.63) is 28.0 Å². The Bertz CT molecular complexity index is 460. The second kappa shape index (κ2) is 9.51. The Kier molecular flexibility index (Phi) is 8.76. The number of pyridine rings is 1. The van der Waals surface area contributed by atoms with E-state index in [9.17, 15) is 0 Å². The van der Waals surface area contributed by atoms with E-state index >= 15 is 0 Å². The second-order valence-electron chi connectivity index (χ2n) is 5.79. The Morgan fingerprint density at radius 3 is 2.32 bits per heavy atom. The van der Waals surface area contributed by atoms with Crippen LogP contribution in [0.5, 0.6) is 0 Å². The van der Waals surface area contributed by atoms with Gasteiger partial charge in [0.25, 0.3) is 0 Å². The lowest BCUT2D eigenvalue weighted by Crippen LogP contribution is -2.46. The maximum atomic E-state index is 6.38. The van der Waals surface area contributed by atoms with Crippen LogP contribution in [0.2, 0.25) is 10.3 Å². The molecule has 0 unspecified atom stereocenters. The molecule has 1 aliphatic heterocycles. The summed E-state index contributed by atoms with van der Waals surface area (Å²) in [6.45, 7) is 4.28. The first-order valence-corrected chi connectivity index (χ1v) is 8.28. The first kappa shape index (κ1) is 20.3. The molecular weight excluding hydrogens is 364 g/mol. The molecular formula is C15H23Cl4N3. The summed E-state index contributed by atoms with van der Waals surface area (Å²) < 4.78 is 0. The van der Waals surface area contributed by atoms with E-state index in [1.165, 1.54) is 25.7 Å². The molecule has 1 saturated carbocycles. The lowest BCUT2D eigenvalue weighted by atomic mass is 9.90. The van der Waals surface area contributed by atoms with E-state index in [2.05, 4.69) is 21.3 Å². The molecule has 0 spiro atoms. The molecule has 22 heavy (non-hydrogen) atoms. The molecule has 1 aromatic rings. The summed E-state index contributed by atoms with van der Waals surface area (Å²) in [6.07, 6.45) is 5.28. The van der Waals surface area contributed by atoms with Gasteiger partial charge in [0.2, 0.25) is 0 Å². The van der Waals surface area contributed by atoms with Gasteiger partial charge in [-0.15, -0.1) is 24.8 Å². The van der Waals surface area contributed by atoms with Crippen LogP contribution in [0.25, 0.3) is 0 Å². The Labute approximate surface area is 155 Å². The Hall–Kier alpha value is 0.230. The highest BCUT2D eigenvalue weighted by molar-refractivity contribution is 6.32. The van der Waals surface area contributed by atoms with Crippen molar-refractivity contribution >= 4 is 48.0 Å². The number of aromatic nitrogens is 1. The molecule has 126 valence electrons. The van der Waals surface area contributed by atoms with Crippen LogP contribution in [-0.2, 0) is 0 Å². The normalized spacial score (nSPS) is 21.0. The van der Waals surface area contributed by atoms with E-state index in [4.69, 9.17) is 23.2 Å². The first-order valence-electron chi connectivity index (χ1n) is 7.52. The number of piperazine rings is 1. The van der Waals surface area contributed by atoms with Crippen LogP contribution in [0.15, 0.2) is 12.1 Å². The minimum absolute atomic E-state index is 0. The predicted molar refractivity (Wildman–Crippen MR) is 97.9 cm³/mol. The molecule has 7 heteroatoms. The Morgan fingerprint density at radius 1 is 1.09 bits per heavy atom. The fourth-order valence-corrected chi connectivity index (χ4v) is 4.08. The molecule has 2 aliphatic rings. The molecule has 3 nitrogen and oxygen atoms in total. The zero-order valence-electron chi connectivity index (χ0n) is 12.4. The number of hydrogen-bond donors (Lipinski definition) is 1. The summed E-state index contributed by atoms with van der Waals surface area (Å²) in [5.74, 6) is 0.702. The summed E-state index contributed by atoms with van der Waals surface area (Å²) in [5, 5.41) is 4.48. The largest absolute Gasteiger partial charge is 0.314 e. The van der Waals surface area contributed by atoms with Crippen molar-refractivity contribution in [3.63, 3.8) is 0 Å². The lowest BCUT2D eigenvalue weighted by Gasteiger charge is -2.38. The molecule has 1 aliphatic carbocycles. The van der Waals surface area contributed by atoms with Gasteiger partial charge in [0.05, 0.1) is 0 Å². The maximum absolute atomic E-state index is 6.38. The summed E-state index contributed by atoms with van der Waals surface area (Å²) in [5.41, 5.74) is 1.16. The van der Waals surface area contributed by atoms with Gasteiger partial charge in [0, 0.05) is 37.8 Å². The molecule has 1 atom stereocenters. The standard InChI is InChI=1S/C15H21Cl2N3.2ClH/c16-13-6-5-12(15(17)19-13)14(11-3-1-2-4-11)20-9-7-18-8-10-20;;/h5-6,11,14,18H,1-4,7-10H2;2*1H/t14-;;/m1../s1. The third-order valence-corrected chi connectivity index (χ3v) is 5.07. The molecule has 0 bridgehead atoms. The number of halogens is 4. The summed E-state index contributed by atoms with van der Waals surface area (Å²) in [6, 6.07) is 4.34. The Balaban J connectivity index is 0.00000121. The molecule has 1 aromatic heterocycles. The SMILES string of the molecule is Cl.Cl.Clc1ccc([C@@H](C2CCCC2)N2CCNCC2)c(Cl)n1. The average molecular weight is 387 g/mol. The number of nitrogens with zero attached hydrogens (tertiary/aromatic N) is 2. The fraction of sp³-hybridized carbons (Fsp3) is 0.667. The fourth-order valence-electron chi connectivity index (χ4n) is 3.63. The van der Waals surface area contributed by atoms with Gasteiger partial charge in [-0.05, 0) is 24.8 Å². The van der Waals surface area contributed by atoms with Gasteiger partial charge in [-0.3, -0.25) is 4.90 Å². The van der Waals surface area contributed by atoms with E-state index in [1.54, 1.807) is 0 Å². The van der Waals surface area contributed by atoms with Crippen molar-refractivity contribution in [1.29, 1.82) is 0 Å². The molecule has 0 amide bonds. The van der Waals surface area contributed by atoms with Crippen LogP contribution < -0.4 is 5.32 Å². The molecule has 0 aromatic carbocycles. The summed E-state index contributed by atoms with van der Waals surface area (Å²) >= 11 is 12.3. The van der Waals surface area contributed by atoms with Gasteiger partial charge in [-0.2, -0.15) is 0 Å². The van der Waals surface area contributed by atoms with Crippen molar-refractivity contribution in [2.45, 2.75) is 31.7 Å². The highest BCUT2D eigenvalue weighted by Gasteiger charge is 2.33. The molecule has 0 radical (unpaired) electrons. The number of rotatable bonds is 3. The van der Waals surface area contributed by atoms with Crippen LogP contribution in [0, 0.1) is 5.92 Å². The van der Waals surface area contributed by atoms with E-state index in [0.717, 1.165) is 31.7 Å². The molecule has 2 heterocycles. The highest BCUT2D eigenvalue weighted by atomic mass is 35.5. The summed E-state index contributed by atoms with van der Waals surface area (Å²) in [4.78, 5) is 6.82. The van der Waals surface area contributed by atoms with Gasteiger partial charge < -0.3 is 5.32 Å². The van der Waals surface area contributed by atoms with E-state index < -0.39 is 0 Å². The van der Waals surface area contributed by atoms with E-state index in [1.807, 2.05) is 6.07 Å². The third-order valence-electron chi connectivity index (χ3n) is 4.55. The minimum atomic E-state index is 0. The van der Waals surface area contributed by atoms with Crippen LogP contribution in [0.1, 0.15) is 37.3 Å². The van der Waals surface area contributed by atoms with Gasteiger partial charge in [0.1, 0.15) is 10.3 Å². The average Bonchev–Trinajstić information content (AvgIpc) is 2.97. The van der Waals surface area contributed by atoms with Crippen molar-refractivity contribution in [3.8, 4) is 0 Å². The molecule has 1 saturated heterocycles. The molecule has 3 rings (SSSR count). The van der Waals surface area contributed by atoms with Gasteiger partial charge in [0.15, 0.2) is 0 Å². The molecule has 2 fully saturated rings. The van der Waals surface area contributed by atoms with Crippen molar-refractivity contribution in [2.75, 3.05) is 26.2 Å². The van der Waals surface area contributed by atoms with Crippen molar-refractivity contribution < 1.29 is 0 Å². The molecule has 1 N–H and O–H groups in total. The predicted octanol–water partition coefficient (Wildman–Crippen LogP) is 4.37. The minimum Gasteiger partial charge on any atom is -0.314 e. The lowest BCUT2D eigenvalue weighted by molar-refractivity contribution is 0.125. The summed E-state index contributed by atoms with van der Waals surface area (Å²) in [7, 11) is 0. The Morgan fingerprint density at radius 2 is 1.73 bits per heavy atom. The monoisotopic (exact) mass is 385 g/mol. The smallest absolute Gasteiger partial charge is 0.135 e. The van der Waals surface area contributed by atoms with Crippen LogP contribution in [-0.4, -0.2) is 36.1 Å². The van der Waals surface area contributed by atoms with Gasteiger partial charge >= 0.3 is 0 Å².